The van der Waals surface area contributed by atoms with Crippen molar-refractivity contribution in [1.29, 1.82) is 0 Å². The van der Waals surface area contributed by atoms with E-state index in [9.17, 15) is 0 Å². The second-order valence-electron chi connectivity index (χ2n) is 7.40. The van der Waals surface area contributed by atoms with Gasteiger partial charge in [-0.1, -0.05) is 36.4 Å². The van der Waals surface area contributed by atoms with Crippen LogP contribution in [0.1, 0.15) is 17.0 Å². The zero-order valence-corrected chi connectivity index (χ0v) is 18.6. The van der Waals surface area contributed by atoms with Crippen molar-refractivity contribution in [3.05, 3.63) is 89.9 Å². The van der Waals surface area contributed by atoms with E-state index in [1.807, 2.05) is 48.7 Å². The number of nitrogens with zero attached hydrogens (tertiary/aromatic N) is 2. The highest BCUT2D eigenvalue weighted by atomic mass is 32.1. The van der Waals surface area contributed by atoms with Crippen molar-refractivity contribution in [3.63, 3.8) is 0 Å². The van der Waals surface area contributed by atoms with Gasteiger partial charge >= 0.3 is 0 Å². The fourth-order valence-corrected chi connectivity index (χ4v) is 4.05. The lowest BCUT2D eigenvalue weighted by atomic mass is 10.1. The number of rotatable bonds is 7. The highest BCUT2D eigenvalue weighted by molar-refractivity contribution is 7.80. The van der Waals surface area contributed by atoms with Crippen molar-refractivity contribution in [2.24, 2.45) is 0 Å². The number of thiocarbonyl (C=S) groups is 1. The van der Waals surface area contributed by atoms with Gasteiger partial charge in [0.1, 0.15) is 5.75 Å². The Hall–Kier alpha value is -3.38. The van der Waals surface area contributed by atoms with Crippen molar-refractivity contribution in [3.8, 4) is 5.75 Å². The van der Waals surface area contributed by atoms with E-state index in [1.54, 1.807) is 7.11 Å². The number of hydrogen-bond donors (Lipinski definition) is 2. The summed E-state index contributed by atoms with van der Waals surface area (Å²) in [6.45, 7) is 3.52. The predicted molar refractivity (Wildman–Crippen MR) is 131 cm³/mol. The molecule has 6 heteroatoms. The van der Waals surface area contributed by atoms with Crippen molar-refractivity contribution >= 4 is 33.9 Å². The van der Waals surface area contributed by atoms with Crippen LogP contribution in [-0.4, -0.2) is 33.6 Å². The van der Waals surface area contributed by atoms with Crippen molar-refractivity contribution in [2.75, 3.05) is 19.0 Å². The van der Waals surface area contributed by atoms with Gasteiger partial charge in [0.2, 0.25) is 0 Å². The summed E-state index contributed by atoms with van der Waals surface area (Å²) in [6.07, 6.45) is 2.68. The number of aromatic nitrogens is 2. The third-order valence-electron chi connectivity index (χ3n) is 5.37. The molecule has 0 fully saturated rings. The molecular formula is C25H26N4OS. The second-order valence-corrected chi connectivity index (χ2v) is 7.78. The molecule has 4 rings (SSSR count). The molecule has 0 aliphatic carbocycles. The predicted octanol–water partition coefficient (Wildman–Crippen LogP) is 5.32. The number of aromatic amines is 1. The molecule has 5 nitrogen and oxygen atoms in total. The number of nitrogens with one attached hydrogen (secondary N) is 2. The Labute approximate surface area is 188 Å². The van der Waals surface area contributed by atoms with Gasteiger partial charge in [-0.15, -0.1) is 0 Å². The lowest BCUT2D eigenvalue weighted by Crippen LogP contribution is -2.36. The van der Waals surface area contributed by atoms with E-state index in [1.165, 1.54) is 22.2 Å². The number of pyridine rings is 1. The van der Waals surface area contributed by atoms with Crippen LogP contribution in [0.25, 0.3) is 10.9 Å². The number of fused-ring (bicyclic) bond motifs is 1. The molecule has 0 atom stereocenters. The first-order valence-corrected chi connectivity index (χ1v) is 10.7. The first-order valence-electron chi connectivity index (χ1n) is 10.3. The van der Waals surface area contributed by atoms with Gasteiger partial charge in [0, 0.05) is 29.3 Å². The van der Waals surface area contributed by atoms with Crippen molar-refractivity contribution in [2.45, 2.75) is 19.9 Å². The summed E-state index contributed by atoms with van der Waals surface area (Å²) < 4.78 is 5.47. The molecule has 4 aromatic rings. The van der Waals surface area contributed by atoms with Crippen LogP contribution in [0.5, 0.6) is 5.75 Å². The van der Waals surface area contributed by atoms with E-state index in [2.05, 4.69) is 51.4 Å². The Morgan fingerprint density at radius 1 is 1.06 bits per heavy atom. The van der Waals surface area contributed by atoms with E-state index in [0.717, 1.165) is 30.1 Å². The second kappa shape index (κ2) is 9.62. The maximum absolute atomic E-state index is 5.81. The third-order valence-corrected chi connectivity index (χ3v) is 5.73. The van der Waals surface area contributed by atoms with E-state index in [-0.39, 0.29) is 0 Å². The van der Waals surface area contributed by atoms with E-state index in [0.29, 0.717) is 11.7 Å². The number of H-pyrrole nitrogens is 1. The molecule has 0 aliphatic rings. The van der Waals surface area contributed by atoms with Crippen LogP contribution in [0.3, 0.4) is 0 Å². The summed E-state index contributed by atoms with van der Waals surface area (Å²) in [5.74, 6) is 0.759. The minimum absolute atomic E-state index is 0.628. The first-order chi connectivity index (χ1) is 15.2. The van der Waals surface area contributed by atoms with Crippen LogP contribution in [0, 0.1) is 6.92 Å². The Bertz CT molecular complexity index is 1170. The standard InChI is InChI=1S/C25H26N4OS/c1-18-20(21-10-3-4-11-22(21)27-18)14-16-29(17-19-9-7-8-15-26-19)25(31)28-23-12-5-6-13-24(23)30-2/h3-13,15,27H,14,16-17H2,1-2H3,(H,28,31). The molecule has 0 amide bonds. The van der Waals surface area contributed by atoms with Crippen LogP contribution in [-0.2, 0) is 13.0 Å². The summed E-state index contributed by atoms with van der Waals surface area (Å²) in [5.41, 5.74) is 5.51. The Morgan fingerprint density at radius 3 is 2.65 bits per heavy atom. The highest BCUT2D eigenvalue weighted by Gasteiger charge is 2.15. The van der Waals surface area contributed by atoms with Gasteiger partial charge in [0.25, 0.3) is 0 Å². The quantitative estimate of drug-likeness (QED) is 0.389. The van der Waals surface area contributed by atoms with Crippen LogP contribution in [0.4, 0.5) is 5.69 Å². The zero-order chi connectivity index (χ0) is 21.6. The van der Waals surface area contributed by atoms with Crippen molar-refractivity contribution in [1.82, 2.24) is 14.9 Å². The van der Waals surface area contributed by atoms with Gasteiger partial charge in [-0.05, 0) is 61.5 Å². The number of aryl methyl sites for hydroxylation is 1. The monoisotopic (exact) mass is 430 g/mol. The summed E-state index contributed by atoms with van der Waals surface area (Å²) in [7, 11) is 1.66. The lowest BCUT2D eigenvalue weighted by molar-refractivity contribution is 0.412. The molecule has 0 saturated heterocycles. The summed E-state index contributed by atoms with van der Waals surface area (Å²) in [5, 5.41) is 5.27. The summed E-state index contributed by atoms with van der Waals surface area (Å²) in [4.78, 5) is 10.1. The maximum Gasteiger partial charge on any atom is 0.173 e. The zero-order valence-electron chi connectivity index (χ0n) is 17.8. The smallest absolute Gasteiger partial charge is 0.173 e. The number of methoxy groups -OCH3 is 1. The van der Waals surface area contributed by atoms with E-state index >= 15 is 0 Å². The largest absolute Gasteiger partial charge is 0.495 e. The van der Waals surface area contributed by atoms with Gasteiger partial charge < -0.3 is 19.9 Å². The van der Waals surface area contributed by atoms with Gasteiger partial charge in [-0.2, -0.15) is 0 Å². The number of ether oxygens (including phenoxy) is 1. The van der Waals surface area contributed by atoms with Gasteiger partial charge in [-0.25, -0.2) is 0 Å². The SMILES string of the molecule is COc1ccccc1NC(=S)N(CCc1c(C)[nH]c2ccccc12)Cc1ccccn1. The normalized spacial score (nSPS) is 10.8. The summed E-state index contributed by atoms with van der Waals surface area (Å²) >= 11 is 5.81. The molecule has 0 saturated carbocycles. The van der Waals surface area contributed by atoms with Crippen LogP contribution < -0.4 is 10.1 Å². The number of para-hydroxylation sites is 3. The van der Waals surface area contributed by atoms with E-state index < -0.39 is 0 Å². The molecule has 0 radical (unpaired) electrons. The fraction of sp³-hybridized carbons (Fsp3) is 0.200. The minimum atomic E-state index is 0.628. The molecule has 158 valence electrons. The number of hydrogen-bond acceptors (Lipinski definition) is 3. The molecular weight excluding hydrogens is 404 g/mol. The van der Waals surface area contributed by atoms with Crippen LogP contribution in [0.2, 0.25) is 0 Å². The number of anilines is 1. The molecule has 0 unspecified atom stereocenters. The molecule has 2 N–H and O–H groups in total. The average molecular weight is 431 g/mol. The lowest BCUT2D eigenvalue weighted by Gasteiger charge is -2.26. The first kappa shape index (κ1) is 20.9. The summed E-state index contributed by atoms with van der Waals surface area (Å²) in [6, 6.07) is 22.2. The maximum atomic E-state index is 5.81. The molecule has 2 aromatic carbocycles. The van der Waals surface area contributed by atoms with Crippen LogP contribution >= 0.6 is 12.2 Å². The molecule has 2 aromatic heterocycles. The minimum Gasteiger partial charge on any atom is -0.495 e. The van der Waals surface area contributed by atoms with Gasteiger partial charge in [0.05, 0.1) is 25.0 Å². The Balaban J connectivity index is 1.56. The molecule has 0 spiro atoms. The van der Waals surface area contributed by atoms with E-state index in [4.69, 9.17) is 17.0 Å². The molecule has 0 aliphatic heterocycles. The molecule has 31 heavy (non-hydrogen) atoms. The van der Waals surface area contributed by atoms with Crippen molar-refractivity contribution < 1.29 is 4.74 Å². The average Bonchev–Trinajstić information content (AvgIpc) is 3.12. The molecule has 0 bridgehead atoms. The number of benzene rings is 2. The Kier molecular flexibility index (Phi) is 6.48. The fourth-order valence-electron chi connectivity index (χ4n) is 3.79. The van der Waals surface area contributed by atoms with Crippen LogP contribution in [0.15, 0.2) is 72.9 Å². The molecule has 2 heterocycles. The van der Waals surface area contributed by atoms with Gasteiger partial charge in [0.15, 0.2) is 5.11 Å². The Morgan fingerprint density at radius 2 is 1.84 bits per heavy atom. The third kappa shape index (κ3) is 4.86. The van der Waals surface area contributed by atoms with Gasteiger partial charge in [-0.3, -0.25) is 4.98 Å². The topological polar surface area (TPSA) is 53.2 Å². The highest BCUT2D eigenvalue weighted by Crippen LogP contribution is 2.25.